The van der Waals surface area contributed by atoms with Crippen molar-refractivity contribution in [1.82, 2.24) is 5.32 Å². The molecule has 1 N–H and O–H groups in total. The zero-order chi connectivity index (χ0) is 12.5. The first-order valence-electron chi connectivity index (χ1n) is 6.48. The molecule has 17 heavy (non-hydrogen) atoms. The Labute approximate surface area is 110 Å². The van der Waals surface area contributed by atoms with Gasteiger partial charge in [0.25, 0.3) is 0 Å². The average Bonchev–Trinajstić information content (AvgIpc) is 2.28. The lowest BCUT2D eigenvalue weighted by molar-refractivity contribution is 0.459. The minimum atomic E-state index is 0.173. The second-order valence-electron chi connectivity index (χ2n) is 6.05. The Balaban J connectivity index is 2.31. The molecule has 94 valence electrons. The van der Waals surface area contributed by atoms with Crippen LogP contribution in [0.2, 0.25) is 5.02 Å². The minimum absolute atomic E-state index is 0.173. The van der Waals surface area contributed by atoms with Gasteiger partial charge in [-0.3, -0.25) is 0 Å². The van der Waals surface area contributed by atoms with E-state index in [1.54, 1.807) is 0 Å². The van der Waals surface area contributed by atoms with E-state index in [1.165, 1.54) is 24.0 Å². The first-order chi connectivity index (χ1) is 7.97. The molecule has 0 spiro atoms. The average molecular weight is 252 g/mol. The van der Waals surface area contributed by atoms with Crippen molar-refractivity contribution in [3.63, 3.8) is 0 Å². The van der Waals surface area contributed by atoms with Crippen molar-refractivity contribution in [1.29, 1.82) is 0 Å². The summed E-state index contributed by atoms with van der Waals surface area (Å²) in [6.07, 6.45) is 2.45. The SMILES string of the molecule is CC(C)(C)c1cc(Cl)cc(C2CCNCC2)c1. The highest BCUT2D eigenvalue weighted by Crippen LogP contribution is 2.32. The molecule has 2 rings (SSSR count). The number of halogens is 1. The van der Waals surface area contributed by atoms with Gasteiger partial charge in [-0.05, 0) is 60.5 Å². The summed E-state index contributed by atoms with van der Waals surface area (Å²) in [6, 6.07) is 6.60. The second kappa shape index (κ2) is 4.99. The van der Waals surface area contributed by atoms with Gasteiger partial charge in [0.05, 0.1) is 0 Å². The van der Waals surface area contributed by atoms with Crippen LogP contribution in [-0.2, 0) is 5.41 Å². The smallest absolute Gasteiger partial charge is 0.0411 e. The maximum absolute atomic E-state index is 6.26. The zero-order valence-corrected chi connectivity index (χ0v) is 11.8. The Kier molecular flexibility index (Phi) is 3.79. The molecule has 0 amide bonds. The molecule has 0 radical (unpaired) electrons. The van der Waals surface area contributed by atoms with Gasteiger partial charge in [-0.15, -0.1) is 0 Å². The predicted molar refractivity (Wildman–Crippen MR) is 75.0 cm³/mol. The van der Waals surface area contributed by atoms with Crippen molar-refractivity contribution in [3.8, 4) is 0 Å². The van der Waals surface area contributed by atoms with Crippen molar-refractivity contribution in [2.45, 2.75) is 44.9 Å². The van der Waals surface area contributed by atoms with E-state index in [9.17, 15) is 0 Å². The first-order valence-corrected chi connectivity index (χ1v) is 6.86. The first kappa shape index (κ1) is 12.9. The van der Waals surface area contributed by atoms with Gasteiger partial charge in [0.1, 0.15) is 0 Å². The van der Waals surface area contributed by atoms with Gasteiger partial charge in [-0.1, -0.05) is 38.4 Å². The topological polar surface area (TPSA) is 12.0 Å². The number of hydrogen-bond donors (Lipinski definition) is 1. The molecule has 1 nitrogen and oxygen atoms in total. The third-order valence-corrected chi connectivity index (χ3v) is 3.81. The normalized spacial score (nSPS) is 18.4. The third-order valence-electron chi connectivity index (χ3n) is 3.60. The fourth-order valence-electron chi connectivity index (χ4n) is 2.44. The lowest BCUT2D eigenvalue weighted by Crippen LogP contribution is -2.26. The van der Waals surface area contributed by atoms with Crippen LogP contribution in [-0.4, -0.2) is 13.1 Å². The van der Waals surface area contributed by atoms with Gasteiger partial charge in [0.15, 0.2) is 0 Å². The molecule has 0 atom stereocenters. The molecule has 0 aliphatic carbocycles. The van der Waals surface area contributed by atoms with Gasteiger partial charge >= 0.3 is 0 Å². The van der Waals surface area contributed by atoms with Crippen molar-refractivity contribution >= 4 is 11.6 Å². The van der Waals surface area contributed by atoms with Crippen molar-refractivity contribution in [2.24, 2.45) is 0 Å². The zero-order valence-electron chi connectivity index (χ0n) is 11.0. The summed E-state index contributed by atoms with van der Waals surface area (Å²) >= 11 is 6.26. The molecular weight excluding hydrogens is 230 g/mol. The number of piperidine rings is 1. The van der Waals surface area contributed by atoms with E-state index < -0.39 is 0 Å². The molecule has 2 heteroatoms. The van der Waals surface area contributed by atoms with Crippen LogP contribution in [0.4, 0.5) is 0 Å². The standard InChI is InChI=1S/C15H22ClN/c1-15(2,3)13-8-12(9-14(16)10-13)11-4-6-17-7-5-11/h8-11,17H,4-7H2,1-3H3. The van der Waals surface area contributed by atoms with Gasteiger partial charge in [0, 0.05) is 5.02 Å². The number of hydrogen-bond acceptors (Lipinski definition) is 1. The van der Waals surface area contributed by atoms with Gasteiger partial charge in [-0.25, -0.2) is 0 Å². The molecule has 0 unspecified atom stereocenters. The Morgan fingerprint density at radius 1 is 1.12 bits per heavy atom. The van der Waals surface area contributed by atoms with Crippen molar-refractivity contribution in [2.75, 3.05) is 13.1 Å². The summed E-state index contributed by atoms with van der Waals surface area (Å²) in [5.41, 5.74) is 2.94. The van der Waals surface area contributed by atoms with Crippen LogP contribution < -0.4 is 5.32 Å². The molecule has 1 fully saturated rings. The van der Waals surface area contributed by atoms with E-state index in [0.717, 1.165) is 18.1 Å². The molecule has 1 aromatic rings. The maximum Gasteiger partial charge on any atom is 0.0411 e. The largest absolute Gasteiger partial charge is 0.317 e. The highest BCUT2D eigenvalue weighted by atomic mass is 35.5. The number of nitrogens with one attached hydrogen (secondary N) is 1. The lowest BCUT2D eigenvalue weighted by Gasteiger charge is -2.26. The molecule has 1 saturated heterocycles. The highest BCUT2D eigenvalue weighted by Gasteiger charge is 2.19. The summed E-state index contributed by atoms with van der Waals surface area (Å²) in [6.45, 7) is 8.98. The van der Waals surface area contributed by atoms with Crippen LogP contribution in [0.3, 0.4) is 0 Å². The molecule has 1 heterocycles. The molecule has 1 aliphatic rings. The van der Waals surface area contributed by atoms with E-state index in [4.69, 9.17) is 11.6 Å². The molecule has 1 aromatic carbocycles. The Hall–Kier alpha value is -0.530. The molecule has 1 aliphatic heterocycles. The van der Waals surface area contributed by atoms with E-state index in [-0.39, 0.29) is 5.41 Å². The monoisotopic (exact) mass is 251 g/mol. The van der Waals surface area contributed by atoms with Crippen LogP contribution in [0.1, 0.15) is 50.7 Å². The van der Waals surface area contributed by atoms with Crippen LogP contribution >= 0.6 is 11.6 Å². The van der Waals surface area contributed by atoms with Crippen LogP contribution in [0.15, 0.2) is 18.2 Å². The number of benzene rings is 1. The summed E-state index contributed by atoms with van der Waals surface area (Å²) in [5.74, 6) is 0.677. The summed E-state index contributed by atoms with van der Waals surface area (Å²) < 4.78 is 0. The van der Waals surface area contributed by atoms with Gasteiger partial charge in [-0.2, -0.15) is 0 Å². The van der Waals surface area contributed by atoms with E-state index in [0.29, 0.717) is 5.92 Å². The van der Waals surface area contributed by atoms with Crippen LogP contribution in [0.25, 0.3) is 0 Å². The predicted octanol–water partition coefficient (Wildman–Crippen LogP) is 4.10. The van der Waals surface area contributed by atoms with Gasteiger partial charge < -0.3 is 5.32 Å². The fourth-order valence-corrected chi connectivity index (χ4v) is 2.68. The maximum atomic E-state index is 6.26. The van der Waals surface area contributed by atoms with E-state index in [2.05, 4.69) is 44.3 Å². The Morgan fingerprint density at radius 3 is 2.35 bits per heavy atom. The van der Waals surface area contributed by atoms with Crippen LogP contribution in [0.5, 0.6) is 0 Å². The number of rotatable bonds is 1. The van der Waals surface area contributed by atoms with Crippen LogP contribution in [0, 0.1) is 0 Å². The van der Waals surface area contributed by atoms with Crippen molar-refractivity contribution in [3.05, 3.63) is 34.3 Å². The second-order valence-corrected chi connectivity index (χ2v) is 6.48. The van der Waals surface area contributed by atoms with E-state index in [1.807, 2.05) is 0 Å². The molecular formula is C15H22ClN. The van der Waals surface area contributed by atoms with Crippen molar-refractivity contribution < 1.29 is 0 Å². The molecule has 0 saturated carbocycles. The molecule has 0 aromatic heterocycles. The minimum Gasteiger partial charge on any atom is -0.317 e. The van der Waals surface area contributed by atoms with E-state index >= 15 is 0 Å². The summed E-state index contributed by atoms with van der Waals surface area (Å²) in [4.78, 5) is 0. The van der Waals surface area contributed by atoms with Gasteiger partial charge in [0.2, 0.25) is 0 Å². The summed E-state index contributed by atoms with van der Waals surface area (Å²) in [5, 5.41) is 4.29. The Morgan fingerprint density at radius 2 is 1.76 bits per heavy atom. The Bertz CT molecular complexity index is 386. The summed E-state index contributed by atoms with van der Waals surface area (Å²) in [7, 11) is 0. The molecule has 0 bridgehead atoms. The lowest BCUT2D eigenvalue weighted by atomic mass is 9.82. The highest BCUT2D eigenvalue weighted by molar-refractivity contribution is 6.30. The third kappa shape index (κ3) is 3.23. The quantitative estimate of drug-likeness (QED) is 0.792. The fraction of sp³-hybridized carbons (Fsp3) is 0.600.